The van der Waals surface area contributed by atoms with E-state index in [2.05, 4.69) is 20.9 Å². The molecular weight excluding hydrogens is 354 g/mol. The van der Waals surface area contributed by atoms with Gasteiger partial charge in [-0.1, -0.05) is 11.6 Å². The van der Waals surface area contributed by atoms with Crippen LogP contribution in [0.4, 0.5) is 0 Å². The van der Waals surface area contributed by atoms with E-state index in [0.29, 0.717) is 17.6 Å². The highest BCUT2D eigenvalue weighted by Crippen LogP contribution is 2.48. The van der Waals surface area contributed by atoms with Crippen LogP contribution in [0.5, 0.6) is 0 Å². The Morgan fingerprint density at radius 3 is 2.89 bits per heavy atom. The molecule has 0 aromatic carbocycles. The summed E-state index contributed by atoms with van der Waals surface area (Å²) < 4.78 is 17.0. The van der Waals surface area contributed by atoms with E-state index in [-0.39, 0.29) is 5.41 Å². The molecule has 5 rings (SSSR count). The lowest BCUT2D eigenvalue weighted by Gasteiger charge is -2.54. The minimum atomic E-state index is 0.148. The summed E-state index contributed by atoms with van der Waals surface area (Å²) in [6, 6.07) is 4.26. The van der Waals surface area contributed by atoms with Gasteiger partial charge in [-0.25, -0.2) is 9.97 Å². The van der Waals surface area contributed by atoms with Crippen LogP contribution in [0.2, 0.25) is 0 Å². The van der Waals surface area contributed by atoms with Gasteiger partial charge in [-0.2, -0.15) is 0 Å². The Morgan fingerprint density at radius 2 is 2.11 bits per heavy atom. The molecule has 0 aliphatic carbocycles. The molecule has 0 radical (unpaired) electrons. The largest absolute Gasteiger partial charge is 0.461 e. The van der Waals surface area contributed by atoms with Gasteiger partial charge in [0.25, 0.3) is 0 Å². The number of likely N-dealkylation sites (tertiary alicyclic amines) is 1. The number of fused-ring (bicyclic) bond motifs is 1. The fourth-order valence-corrected chi connectivity index (χ4v) is 5.19. The van der Waals surface area contributed by atoms with E-state index in [4.69, 9.17) is 13.9 Å². The lowest BCUT2D eigenvalue weighted by atomic mass is 9.65. The van der Waals surface area contributed by atoms with Crippen molar-refractivity contribution in [1.29, 1.82) is 0 Å². The van der Waals surface area contributed by atoms with Gasteiger partial charge in [-0.3, -0.25) is 4.90 Å². The first-order valence-corrected chi connectivity index (χ1v) is 10.3. The van der Waals surface area contributed by atoms with Crippen LogP contribution >= 0.6 is 0 Å². The second-order valence-electron chi connectivity index (χ2n) is 8.03. The van der Waals surface area contributed by atoms with E-state index < -0.39 is 0 Å². The topological polar surface area (TPSA) is 60.6 Å². The van der Waals surface area contributed by atoms with E-state index in [1.807, 2.05) is 24.5 Å². The van der Waals surface area contributed by atoms with Crippen molar-refractivity contribution in [3.63, 3.8) is 0 Å². The summed E-state index contributed by atoms with van der Waals surface area (Å²) in [6.45, 7) is 5.27. The Hall–Kier alpha value is -2.02. The van der Waals surface area contributed by atoms with E-state index in [1.54, 1.807) is 11.8 Å². The Labute approximate surface area is 165 Å². The number of aromatic nitrogens is 2. The Kier molecular flexibility index (Phi) is 5.01. The summed E-state index contributed by atoms with van der Waals surface area (Å²) in [5.74, 6) is 1.35. The van der Waals surface area contributed by atoms with Crippen LogP contribution in [0.1, 0.15) is 31.2 Å². The van der Waals surface area contributed by atoms with Gasteiger partial charge in [-0.15, -0.1) is 0 Å². The van der Waals surface area contributed by atoms with Crippen LogP contribution in [-0.4, -0.2) is 53.9 Å². The summed E-state index contributed by atoms with van der Waals surface area (Å²) in [4.78, 5) is 11.7. The second kappa shape index (κ2) is 7.78. The van der Waals surface area contributed by atoms with E-state index in [1.165, 1.54) is 12.8 Å². The first kappa shape index (κ1) is 18.0. The first-order chi connectivity index (χ1) is 13.9. The van der Waals surface area contributed by atoms with Crippen LogP contribution in [0.15, 0.2) is 46.9 Å². The molecule has 0 N–H and O–H groups in total. The average Bonchev–Trinajstić information content (AvgIpc) is 3.30. The minimum absolute atomic E-state index is 0.148. The Bertz CT molecular complexity index is 814. The van der Waals surface area contributed by atoms with Gasteiger partial charge in [0.15, 0.2) is 11.6 Å². The Morgan fingerprint density at radius 1 is 1.18 bits per heavy atom. The monoisotopic (exact) mass is 381 g/mol. The number of hydrogen-bond acceptors (Lipinski definition) is 6. The maximum Gasteiger partial charge on any atom is 0.195 e. The zero-order valence-corrected chi connectivity index (χ0v) is 16.2. The third kappa shape index (κ3) is 3.30. The van der Waals surface area contributed by atoms with E-state index >= 15 is 0 Å². The zero-order chi connectivity index (χ0) is 18.8. The molecule has 28 heavy (non-hydrogen) atoms. The molecule has 5 heterocycles. The van der Waals surface area contributed by atoms with Crippen molar-refractivity contribution in [2.45, 2.75) is 38.3 Å². The molecule has 2 fully saturated rings. The second-order valence-corrected chi connectivity index (χ2v) is 8.03. The molecule has 2 aromatic rings. The third-order valence-electron chi connectivity index (χ3n) is 6.48. The molecule has 3 aliphatic heterocycles. The summed E-state index contributed by atoms with van der Waals surface area (Å²) in [6.07, 6.45) is 12.4. The summed E-state index contributed by atoms with van der Waals surface area (Å²) in [5.41, 5.74) is 2.85. The number of hydrogen-bond donors (Lipinski definition) is 0. The highest BCUT2D eigenvalue weighted by molar-refractivity contribution is 5.45. The molecule has 2 saturated heterocycles. The summed E-state index contributed by atoms with van der Waals surface area (Å²) >= 11 is 0. The maximum absolute atomic E-state index is 6.01. The SMILES string of the molecule is C1=C([C@]23CCCN(Cc4cnc(-c5ccco5)nc4)[C@@H]2CCOC3)CCOC1. The van der Waals surface area contributed by atoms with Crippen molar-refractivity contribution < 1.29 is 13.9 Å². The van der Waals surface area contributed by atoms with Crippen molar-refractivity contribution in [3.05, 3.63) is 48.0 Å². The summed E-state index contributed by atoms with van der Waals surface area (Å²) in [5, 5.41) is 0. The minimum Gasteiger partial charge on any atom is -0.461 e. The van der Waals surface area contributed by atoms with Crippen molar-refractivity contribution >= 4 is 0 Å². The highest BCUT2D eigenvalue weighted by Gasteiger charge is 2.48. The van der Waals surface area contributed by atoms with Crippen molar-refractivity contribution in [2.75, 3.05) is 33.0 Å². The van der Waals surface area contributed by atoms with Crippen LogP contribution in [-0.2, 0) is 16.0 Å². The number of nitrogens with zero attached hydrogens (tertiary/aromatic N) is 3. The summed E-state index contributed by atoms with van der Waals surface area (Å²) in [7, 11) is 0. The molecule has 6 heteroatoms. The van der Waals surface area contributed by atoms with Crippen LogP contribution in [0.3, 0.4) is 0 Å². The first-order valence-electron chi connectivity index (χ1n) is 10.3. The Balaban J connectivity index is 1.37. The number of piperidine rings is 1. The average molecular weight is 381 g/mol. The normalized spacial score (nSPS) is 28.6. The predicted octanol–water partition coefficient (Wildman–Crippen LogP) is 3.45. The smallest absolute Gasteiger partial charge is 0.195 e. The number of furan rings is 1. The predicted molar refractivity (Wildman–Crippen MR) is 105 cm³/mol. The van der Waals surface area contributed by atoms with Crippen molar-refractivity contribution in [3.8, 4) is 11.6 Å². The van der Waals surface area contributed by atoms with Gasteiger partial charge in [-0.05, 0) is 44.4 Å². The molecule has 0 unspecified atom stereocenters. The zero-order valence-electron chi connectivity index (χ0n) is 16.2. The third-order valence-corrected chi connectivity index (χ3v) is 6.48. The molecule has 3 aliphatic rings. The quantitative estimate of drug-likeness (QED) is 0.756. The molecule has 0 amide bonds. The lowest BCUT2D eigenvalue weighted by molar-refractivity contribution is -0.0874. The molecule has 2 atom stereocenters. The molecular formula is C22H27N3O3. The lowest BCUT2D eigenvalue weighted by Crippen LogP contribution is -2.57. The fourth-order valence-electron chi connectivity index (χ4n) is 5.19. The molecule has 148 valence electrons. The highest BCUT2D eigenvalue weighted by atomic mass is 16.5. The molecule has 6 nitrogen and oxygen atoms in total. The van der Waals surface area contributed by atoms with Crippen LogP contribution in [0.25, 0.3) is 11.6 Å². The van der Waals surface area contributed by atoms with Crippen LogP contribution in [0, 0.1) is 5.41 Å². The van der Waals surface area contributed by atoms with E-state index in [0.717, 1.165) is 57.9 Å². The van der Waals surface area contributed by atoms with Gasteiger partial charge >= 0.3 is 0 Å². The van der Waals surface area contributed by atoms with Gasteiger partial charge in [0.05, 0.1) is 26.1 Å². The maximum atomic E-state index is 6.01. The molecule has 2 aromatic heterocycles. The molecule has 0 spiro atoms. The van der Waals surface area contributed by atoms with Gasteiger partial charge in [0, 0.05) is 42.6 Å². The number of rotatable bonds is 4. The van der Waals surface area contributed by atoms with Crippen molar-refractivity contribution in [2.24, 2.45) is 5.41 Å². The molecule has 0 bridgehead atoms. The van der Waals surface area contributed by atoms with Gasteiger partial charge in [0.1, 0.15) is 0 Å². The standard InChI is InChI=1S/C22H27N3O3/c1-3-19(28-9-1)21-23-13-17(14-24-21)15-25-8-2-7-22(16-27-12-6-20(22)25)18-4-10-26-11-5-18/h1,3-4,9,13-14,20H,2,5-8,10-12,15-16H2/t20-,22-/m1/s1. The van der Waals surface area contributed by atoms with Gasteiger partial charge < -0.3 is 13.9 Å². The molecule has 0 saturated carbocycles. The number of ether oxygens (including phenoxy) is 2. The fraction of sp³-hybridized carbons (Fsp3) is 0.545. The van der Waals surface area contributed by atoms with Crippen molar-refractivity contribution in [1.82, 2.24) is 14.9 Å². The van der Waals surface area contributed by atoms with Gasteiger partial charge in [0.2, 0.25) is 0 Å². The van der Waals surface area contributed by atoms with E-state index in [9.17, 15) is 0 Å². The van der Waals surface area contributed by atoms with Crippen LogP contribution < -0.4 is 0 Å².